The van der Waals surface area contributed by atoms with Crippen molar-refractivity contribution in [2.24, 2.45) is 0 Å². The third-order valence-corrected chi connectivity index (χ3v) is 3.85. The molecule has 0 spiro atoms. The fraction of sp³-hybridized carbons (Fsp3) is 0.214. The number of halogens is 2. The van der Waals surface area contributed by atoms with E-state index >= 15 is 0 Å². The van der Waals surface area contributed by atoms with Crippen molar-refractivity contribution in [1.29, 1.82) is 0 Å². The summed E-state index contributed by atoms with van der Waals surface area (Å²) < 4.78 is 14.2. The fourth-order valence-electron chi connectivity index (χ4n) is 1.88. The number of aryl methyl sites for hydroxylation is 1. The zero-order chi connectivity index (χ0) is 13.4. The standard InChI is InChI=1S/C14H13BrFNO/c1-7-8(2)13(17-9(7)3)14(18)10-5-4-6-11(15)12(10)16/h4-6,17H,1-3H3. The number of hydrogen-bond acceptors (Lipinski definition) is 1. The van der Waals surface area contributed by atoms with Crippen LogP contribution in [0.4, 0.5) is 4.39 Å². The van der Waals surface area contributed by atoms with Crippen molar-refractivity contribution in [3.63, 3.8) is 0 Å². The Kier molecular flexibility index (Phi) is 3.39. The minimum atomic E-state index is -0.521. The molecule has 0 unspecified atom stereocenters. The number of H-pyrrole nitrogens is 1. The second-order valence-corrected chi connectivity index (χ2v) is 5.16. The maximum atomic E-state index is 13.9. The molecule has 0 atom stereocenters. The lowest BCUT2D eigenvalue weighted by Gasteiger charge is -2.03. The van der Waals surface area contributed by atoms with Crippen LogP contribution in [-0.4, -0.2) is 10.8 Å². The van der Waals surface area contributed by atoms with Gasteiger partial charge in [-0.25, -0.2) is 4.39 Å². The van der Waals surface area contributed by atoms with E-state index < -0.39 is 5.82 Å². The minimum absolute atomic E-state index is 0.0775. The van der Waals surface area contributed by atoms with Gasteiger partial charge in [0.15, 0.2) is 0 Å². The first-order valence-electron chi connectivity index (χ1n) is 5.58. The minimum Gasteiger partial charge on any atom is -0.356 e. The number of carbonyl (C=O) groups is 1. The van der Waals surface area contributed by atoms with E-state index in [0.29, 0.717) is 10.2 Å². The zero-order valence-corrected chi connectivity index (χ0v) is 12.0. The largest absolute Gasteiger partial charge is 0.356 e. The van der Waals surface area contributed by atoms with Crippen LogP contribution in [0.2, 0.25) is 0 Å². The van der Waals surface area contributed by atoms with E-state index in [4.69, 9.17) is 0 Å². The van der Waals surface area contributed by atoms with Gasteiger partial charge in [-0.3, -0.25) is 4.79 Å². The third kappa shape index (κ3) is 2.01. The van der Waals surface area contributed by atoms with Crippen LogP contribution < -0.4 is 0 Å². The molecule has 1 N–H and O–H groups in total. The van der Waals surface area contributed by atoms with Gasteiger partial charge in [0.25, 0.3) is 0 Å². The second kappa shape index (κ2) is 4.69. The van der Waals surface area contributed by atoms with Gasteiger partial charge in [0.05, 0.1) is 15.7 Å². The summed E-state index contributed by atoms with van der Waals surface area (Å²) in [5.41, 5.74) is 3.38. The first-order valence-corrected chi connectivity index (χ1v) is 6.37. The van der Waals surface area contributed by atoms with Gasteiger partial charge in [0, 0.05) is 5.69 Å². The van der Waals surface area contributed by atoms with Crippen molar-refractivity contribution in [3.8, 4) is 0 Å². The molecular formula is C14H13BrFNO. The SMILES string of the molecule is Cc1[nH]c(C(=O)c2cccc(Br)c2F)c(C)c1C. The van der Waals surface area contributed by atoms with Crippen LogP contribution >= 0.6 is 15.9 Å². The second-order valence-electron chi connectivity index (χ2n) is 4.31. The normalized spacial score (nSPS) is 10.7. The predicted octanol–water partition coefficient (Wildman–Crippen LogP) is 4.07. The molecule has 4 heteroatoms. The lowest BCUT2D eigenvalue weighted by molar-refractivity contribution is 0.103. The van der Waals surface area contributed by atoms with Crippen LogP contribution in [0.1, 0.15) is 32.9 Å². The van der Waals surface area contributed by atoms with Crippen molar-refractivity contribution in [3.05, 3.63) is 56.6 Å². The number of ketones is 1. The van der Waals surface area contributed by atoms with Gasteiger partial charge in [-0.15, -0.1) is 0 Å². The van der Waals surface area contributed by atoms with Gasteiger partial charge in [-0.1, -0.05) is 6.07 Å². The lowest BCUT2D eigenvalue weighted by Crippen LogP contribution is -2.06. The van der Waals surface area contributed by atoms with Gasteiger partial charge >= 0.3 is 0 Å². The smallest absolute Gasteiger partial charge is 0.212 e. The molecule has 0 radical (unpaired) electrons. The maximum Gasteiger partial charge on any atom is 0.212 e. The van der Waals surface area contributed by atoms with Crippen LogP contribution in [0.25, 0.3) is 0 Å². The van der Waals surface area contributed by atoms with E-state index in [9.17, 15) is 9.18 Å². The molecule has 0 saturated heterocycles. The summed E-state index contributed by atoms with van der Waals surface area (Å²) in [6.07, 6.45) is 0. The first-order chi connectivity index (χ1) is 8.43. The third-order valence-electron chi connectivity index (χ3n) is 3.24. The molecule has 0 aliphatic rings. The molecule has 2 aromatic rings. The maximum absolute atomic E-state index is 13.9. The molecule has 1 heterocycles. The molecule has 1 aromatic heterocycles. The summed E-state index contributed by atoms with van der Waals surface area (Å²) in [7, 11) is 0. The van der Waals surface area contributed by atoms with Crippen LogP contribution in [-0.2, 0) is 0 Å². The number of nitrogens with one attached hydrogen (secondary N) is 1. The van der Waals surface area contributed by atoms with Crippen molar-refractivity contribution >= 4 is 21.7 Å². The van der Waals surface area contributed by atoms with E-state index in [-0.39, 0.29) is 11.3 Å². The number of hydrogen-bond donors (Lipinski definition) is 1. The highest BCUT2D eigenvalue weighted by Gasteiger charge is 2.20. The number of benzene rings is 1. The molecule has 94 valence electrons. The Labute approximate surface area is 113 Å². The highest BCUT2D eigenvalue weighted by Crippen LogP contribution is 2.24. The summed E-state index contributed by atoms with van der Waals surface area (Å²) in [4.78, 5) is 15.3. The van der Waals surface area contributed by atoms with E-state index in [2.05, 4.69) is 20.9 Å². The molecule has 18 heavy (non-hydrogen) atoms. The molecule has 0 bridgehead atoms. The van der Waals surface area contributed by atoms with Gasteiger partial charge in [0.2, 0.25) is 5.78 Å². The monoisotopic (exact) mass is 309 g/mol. The number of carbonyl (C=O) groups excluding carboxylic acids is 1. The molecule has 0 amide bonds. The quantitative estimate of drug-likeness (QED) is 0.833. The lowest BCUT2D eigenvalue weighted by atomic mass is 10.0. The molecular weight excluding hydrogens is 297 g/mol. The van der Waals surface area contributed by atoms with Crippen molar-refractivity contribution in [2.75, 3.05) is 0 Å². The average molecular weight is 310 g/mol. The number of rotatable bonds is 2. The summed E-state index contributed by atoms with van der Waals surface area (Å²) >= 11 is 3.09. The van der Waals surface area contributed by atoms with Crippen LogP contribution in [0.3, 0.4) is 0 Å². The van der Waals surface area contributed by atoms with Crippen LogP contribution in [0.5, 0.6) is 0 Å². The first kappa shape index (κ1) is 13.0. The molecule has 2 nitrogen and oxygen atoms in total. The molecule has 0 aliphatic heterocycles. The van der Waals surface area contributed by atoms with E-state index in [1.807, 2.05) is 20.8 Å². The van der Waals surface area contributed by atoms with Gasteiger partial charge in [-0.2, -0.15) is 0 Å². The Balaban J connectivity index is 2.55. The molecule has 0 aliphatic carbocycles. The van der Waals surface area contributed by atoms with E-state index in [1.54, 1.807) is 12.1 Å². The Morgan fingerprint density at radius 2 is 1.89 bits per heavy atom. The van der Waals surface area contributed by atoms with Crippen LogP contribution in [0.15, 0.2) is 22.7 Å². The highest BCUT2D eigenvalue weighted by atomic mass is 79.9. The average Bonchev–Trinajstić information content (AvgIpc) is 2.60. The molecule has 1 aromatic carbocycles. The highest BCUT2D eigenvalue weighted by molar-refractivity contribution is 9.10. The predicted molar refractivity (Wildman–Crippen MR) is 72.5 cm³/mol. The van der Waals surface area contributed by atoms with E-state index in [1.165, 1.54) is 6.07 Å². The Bertz CT molecular complexity index is 631. The van der Waals surface area contributed by atoms with Crippen LogP contribution in [0, 0.1) is 26.6 Å². The molecule has 0 saturated carbocycles. The number of aromatic amines is 1. The van der Waals surface area contributed by atoms with Gasteiger partial charge < -0.3 is 4.98 Å². The van der Waals surface area contributed by atoms with Crippen molar-refractivity contribution in [2.45, 2.75) is 20.8 Å². The topological polar surface area (TPSA) is 32.9 Å². The Morgan fingerprint density at radius 3 is 2.44 bits per heavy atom. The Hall–Kier alpha value is -1.42. The van der Waals surface area contributed by atoms with Gasteiger partial charge in [0.1, 0.15) is 5.82 Å². The van der Waals surface area contributed by atoms with E-state index in [0.717, 1.165) is 16.8 Å². The number of aromatic nitrogens is 1. The van der Waals surface area contributed by atoms with Crippen molar-refractivity contribution < 1.29 is 9.18 Å². The van der Waals surface area contributed by atoms with Gasteiger partial charge in [-0.05, 0) is 60.0 Å². The summed E-state index contributed by atoms with van der Waals surface area (Å²) in [6.45, 7) is 5.70. The van der Waals surface area contributed by atoms with Crippen molar-refractivity contribution in [1.82, 2.24) is 4.98 Å². The molecule has 0 fully saturated rings. The summed E-state index contributed by atoms with van der Waals surface area (Å²) in [5, 5.41) is 0. The summed E-state index contributed by atoms with van der Waals surface area (Å²) in [5.74, 6) is -0.839. The summed E-state index contributed by atoms with van der Waals surface area (Å²) in [6, 6.07) is 4.72. The zero-order valence-electron chi connectivity index (χ0n) is 10.4. The fourth-order valence-corrected chi connectivity index (χ4v) is 2.25. The Morgan fingerprint density at radius 1 is 1.22 bits per heavy atom. The molecule has 2 rings (SSSR count).